The van der Waals surface area contributed by atoms with Crippen LogP contribution in [-0.2, 0) is 61.7 Å². The number of amides is 2. The molecule has 2 rings (SSSR count). The van der Waals surface area contributed by atoms with Crippen molar-refractivity contribution in [2.24, 2.45) is 0 Å². The number of hydrogen-bond donors (Lipinski definition) is 1. The molecule has 0 radical (unpaired) electrons. The van der Waals surface area contributed by atoms with Crippen molar-refractivity contribution < 1.29 is 61.7 Å². The zero-order chi connectivity index (χ0) is 32.6. The van der Waals surface area contributed by atoms with Crippen molar-refractivity contribution in [1.82, 2.24) is 10.2 Å². The van der Waals surface area contributed by atoms with Gasteiger partial charge in [0.25, 0.3) is 11.8 Å². The molecule has 0 saturated carbocycles. The third kappa shape index (κ3) is 23.7. The smallest absolute Gasteiger partial charge is 0.253 e. The average molecular weight is 665 g/mol. The molecule has 2 amide bonds. The molecule has 2 aliphatic rings. The van der Waals surface area contributed by atoms with Gasteiger partial charge in [-0.2, -0.15) is 0 Å². The molecule has 1 fully saturated rings. The van der Waals surface area contributed by atoms with Crippen molar-refractivity contribution in [3.63, 3.8) is 0 Å². The molecule has 0 unspecified atom stereocenters. The van der Waals surface area contributed by atoms with Crippen LogP contribution >= 0.6 is 0 Å². The molecular weight excluding hydrogens is 608 g/mol. The molecule has 15 heteroatoms. The van der Waals surface area contributed by atoms with E-state index in [4.69, 9.17) is 52.1 Å². The molecule has 1 saturated heterocycles. The summed E-state index contributed by atoms with van der Waals surface area (Å²) in [6, 6.07) is 0. The van der Waals surface area contributed by atoms with E-state index in [9.17, 15) is 9.59 Å². The minimum absolute atomic E-state index is 0.241. The van der Waals surface area contributed by atoms with Gasteiger partial charge in [-0.15, -0.1) is 0 Å². The number of nitrogens with zero attached hydrogens (tertiary/aromatic N) is 1. The van der Waals surface area contributed by atoms with Gasteiger partial charge in [-0.1, -0.05) is 0 Å². The first-order valence-corrected chi connectivity index (χ1v) is 16.4. The number of imide groups is 1. The molecule has 268 valence electrons. The van der Waals surface area contributed by atoms with Gasteiger partial charge in [0, 0.05) is 12.2 Å². The van der Waals surface area contributed by atoms with Crippen molar-refractivity contribution >= 4 is 11.8 Å². The van der Waals surface area contributed by atoms with E-state index in [1.165, 1.54) is 12.2 Å². The van der Waals surface area contributed by atoms with Crippen LogP contribution in [0.3, 0.4) is 0 Å². The van der Waals surface area contributed by atoms with Crippen molar-refractivity contribution in [3.05, 3.63) is 12.2 Å². The van der Waals surface area contributed by atoms with Crippen LogP contribution in [0.25, 0.3) is 0 Å². The average Bonchev–Trinajstić information content (AvgIpc) is 3.39. The van der Waals surface area contributed by atoms with Crippen molar-refractivity contribution in [2.45, 2.75) is 18.9 Å². The highest BCUT2D eigenvalue weighted by Gasteiger charge is 2.22. The van der Waals surface area contributed by atoms with Crippen LogP contribution in [0.15, 0.2) is 12.2 Å². The second-order valence-corrected chi connectivity index (χ2v) is 10.1. The third-order valence-corrected chi connectivity index (χ3v) is 6.58. The summed E-state index contributed by atoms with van der Waals surface area (Å²) in [6.07, 6.45) is 5.03. The highest BCUT2D eigenvalue weighted by Crippen LogP contribution is 2.06. The minimum Gasteiger partial charge on any atom is -0.377 e. The molecule has 0 aromatic heterocycles. The Kier molecular flexibility index (Phi) is 27.1. The quantitative estimate of drug-likeness (QED) is 0.0717. The maximum atomic E-state index is 11.4. The topological polar surface area (TPSA) is 151 Å². The van der Waals surface area contributed by atoms with Gasteiger partial charge in [0.15, 0.2) is 0 Å². The molecule has 2 heterocycles. The molecule has 0 spiro atoms. The van der Waals surface area contributed by atoms with E-state index in [1.54, 1.807) is 0 Å². The lowest BCUT2D eigenvalue weighted by molar-refractivity contribution is -0.137. The second-order valence-electron chi connectivity index (χ2n) is 10.1. The van der Waals surface area contributed by atoms with Gasteiger partial charge in [0.1, 0.15) is 0 Å². The number of carbonyl (C=O) groups excluding carboxylic acids is 2. The van der Waals surface area contributed by atoms with Gasteiger partial charge >= 0.3 is 0 Å². The number of piperidine rings is 1. The van der Waals surface area contributed by atoms with Crippen LogP contribution in [0, 0.1) is 0 Å². The molecule has 0 aromatic carbocycles. The maximum Gasteiger partial charge on any atom is 0.253 e. The summed E-state index contributed by atoms with van der Waals surface area (Å²) < 4.78 is 60.4. The lowest BCUT2D eigenvalue weighted by Crippen LogP contribution is -2.33. The Labute approximate surface area is 273 Å². The largest absolute Gasteiger partial charge is 0.377 e. The monoisotopic (exact) mass is 664 g/mol. The molecule has 0 atom stereocenters. The summed E-state index contributed by atoms with van der Waals surface area (Å²) in [4.78, 5) is 23.9. The maximum absolute atomic E-state index is 11.4. The SMILES string of the molecule is O=C1C=CC(=O)N1CCOCCOCCOCCOCCOCCOCCOCCOCCOCCOCCOC1CCNCC1. The van der Waals surface area contributed by atoms with E-state index < -0.39 is 0 Å². The third-order valence-electron chi connectivity index (χ3n) is 6.58. The molecular formula is C31H56N2O13. The van der Waals surface area contributed by atoms with E-state index >= 15 is 0 Å². The molecule has 0 aliphatic carbocycles. The molecule has 1 N–H and O–H groups in total. The Bertz CT molecular complexity index is 738. The fourth-order valence-electron chi connectivity index (χ4n) is 4.12. The molecule has 0 aromatic rings. The Morgan fingerprint density at radius 2 is 0.739 bits per heavy atom. The Balaban J connectivity index is 1.13. The van der Waals surface area contributed by atoms with E-state index in [2.05, 4.69) is 5.32 Å². The summed E-state index contributed by atoms with van der Waals surface area (Å²) in [7, 11) is 0. The second kappa shape index (κ2) is 30.7. The summed E-state index contributed by atoms with van der Waals surface area (Å²) in [6.45, 7) is 12.6. The zero-order valence-electron chi connectivity index (χ0n) is 27.4. The summed E-state index contributed by atoms with van der Waals surface area (Å²) >= 11 is 0. The minimum atomic E-state index is -0.305. The fraction of sp³-hybridized carbons (Fsp3) is 0.871. The van der Waals surface area contributed by atoms with E-state index in [0.717, 1.165) is 30.8 Å². The number of hydrogen-bond acceptors (Lipinski definition) is 14. The first kappa shape index (κ1) is 40.6. The van der Waals surface area contributed by atoms with Crippen LogP contribution in [-0.4, -0.2) is 181 Å². The van der Waals surface area contributed by atoms with E-state index in [1.807, 2.05) is 0 Å². The molecule has 0 bridgehead atoms. The highest BCUT2D eigenvalue weighted by molar-refractivity contribution is 6.12. The standard InChI is InChI=1S/C31H56N2O13/c34-30-1-2-31(35)33(30)7-8-36-9-10-37-11-12-38-13-14-39-15-16-40-17-18-41-19-20-42-21-22-43-23-24-44-25-26-45-27-28-46-29-3-5-32-6-4-29/h1-2,29,32H,3-28H2. The van der Waals surface area contributed by atoms with Crippen LogP contribution in [0.2, 0.25) is 0 Å². The first-order chi connectivity index (χ1) is 22.8. The normalized spacial score (nSPS) is 15.5. The van der Waals surface area contributed by atoms with Crippen molar-refractivity contribution in [2.75, 3.05) is 158 Å². The zero-order valence-corrected chi connectivity index (χ0v) is 27.4. The van der Waals surface area contributed by atoms with Crippen molar-refractivity contribution in [3.8, 4) is 0 Å². The number of ether oxygens (including phenoxy) is 11. The Hall–Kier alpha value is -1.60. The van der Waals surface area contributed by atoms with Crippen molar-refractivity contribution in [1.29, 1.82) is 0 Å². The van der Waals surface area contributed by atoms with Gasteiger partial charge in [0.05, 0.1) is 151 Å². The van der Waals surface area contributed by atoms with E-state index in [-0.39, 0.29) is 25.0 Å². The Morgan fingerprint density at radius 3 is 1.07 bits per heavy atom. The van der Waals surface area contributed by atoms with Crippen LogP contribution in [0.1, 0.15) is 12.8 Å². The van der Waals surface area contributed by atoms with Crippen LogP contribution in [0.5, 0.6) is 0 Å². The summed E-state index contributed by atoms with van der Waals surface area (Å²) in [5.74, 6) is -0.610. The lowest BCUT2D eigenvalue weighted by atomic mass is 10.1. The van der Waals surface area contributed by atoms with E-state index in [0.29, 0.717) is 138 Å². The number of nitrogens with one attached hydrogen (secondary N) is 1. The number of carbonyl (C=O) groups is 2. The predicted molar refractivity (Wildman–Crippen MR) is 166 cm³/mol. The first-order valence-electron chi connectivity index (χ1n) is 16.4. The van der Waals surface area contributed by atoms with Gasteiger partial charge in [0.2, 0.25) is 0 Å². The summed E-state index contributed by atoms with van der Waals surface area (Å²) in [5, 5.41) is 3.32. The highest BCUT2D eigenvalue weighted by atomic mass is 16.6. The Morgan fingerprint density at radius 1 is 0.457 bits per heavy atom. The van der Waals surface area contributed by atoms with Gasteiger partial charge in [-0.25, -0.2) is 0 Å². The van der Waals surface area contributed by atoms with Gasteiger partial charge in [-0.05, 0) is 25.9 Å². The van der Waals surface area contributed by atoms with Gasteiger partial charge < -0.3 is 57.4 Å². The van der Waals surface area contributed by atoms with Crippen LogP contribution < -0.4 is 5.32 Å². The lowest BCUT2D eigenvalue weighted by Gasteiger charge is -2.22. The molecule has 15 nitrogen and oxygen atoms in total. The molecule has 46 heavy (non-hydrogen) atoms. The number of rotatable bonds is 34. The van der Waals surface area contributed by atoms with Gasteiger partial charge in [-0.3, -0.25) is 14.5 Å². The fourth-order valence-corrected chi connectivity index (χ4v) is 4.12. The summed E-state index contributed by atoms with van der Waals surface area (Å²) in [5.41, 5.74) is 0. The predicted octanol–water partition coefficient (Wildman–Crippen LogP) is -0.154. The molecule has 2 aliphatic heterocycles. The van der Waals surface area contributed by atoms with Crippen LogP contribution in [0.4, 0.5) is 0 Å².